The molecule has 5 nitrogen and oxygen atoms in total. The monoisotopic (exact) mass is 215 g/mol. The van der Waals surface area contributed by atoms with Gasteiger partial charge < -0.3 is 14.7 Å². The molecular formula is C10H17NO4. The molecule has 1 saturated carbocycles. The molecule has 0 aromatic rings. The Hall–Kier alpha value is -1.10. The van der Waals surface area contributed by atoms with Crippen molar-refractivity contribution in [3.63, 3.8) is 0 Å². The van der Waals surface area contributed by atoms with E-state index in [2.05, 4.69) is 9.99 Å². The van der Waals surface area contributed by atoms with Gasteiger partial charge in [-0.1, -0.05) is 5.16 Å². The third-order valence-electron chi connectivity index (χ3n) is 2.80. The molecule has 0 heterocycles. The molecule has 1 fully saturated rings. The summed E-state index contributed by atoms with van der Waals surface area (Å²) in [4.78, 5) is 15.4. The van der Waals surface area contributed by atoms with Crippen LogP contribution in [0.2, 0.25) is 0 Å². The van der Waals surface area contributed by atoms with Crippen molar-refractivity contribution in [3.8, 4) is 0 Å². The average molecular weight is 215 g/mol. The van der Waals surface area contributed by atoms with Crippen molar-refractivity contribution in [2.45, 2.75) is 31.8 Å². The number of oxime groups is 1. The minimum atomic E-state index is -0.988. The number of hydrogen-bond donors (Lipinski definition) is 1. The molecule has 0 unspecified atom stereocenters. The van der Waals surface area contributed by atoms with E-state index >= 15 is 0 Å². The van der Waals surface area contributed by atoms with Crippen molar-refractivity contribution in [1.82, 2.24) is 0 Å². The van der Waals surface area contributed by atoms with Crippen molar-refractivity contribution in [2.24, 2.45) is 11.1 Å². The molecule has 1 N–H and O–H groups in total. The lowest BCUT2D eigenvalue weighted by Crippen LogP contribution is -2.30. The summed E-state index contributed by atoms with van der Waals surface area (Å²) in [6.07, 6.45) is 3.63. The molecule has 0 amide bonds. The number of hydrogen-bond acceptors (Lipinski definition) is 4. The normalized spacial score (nSPS) is 27.5. The van der Waals surface area contributed by atoms with Crippen LogP contribution in [-0.4, -0.2) is 37.1 Å². The Kier molecular flexibility index (Phi) is 4.55. The van der Waals surface area contributed by atoms with Crippen molar-refractivity contribution >= 4 is 11.7 Å². The number of methoxy groups -OCH3 is 1. The van der Waals surface area contributed by atoms with Gasteiger partial charge in [0.15, 0.2) is 5.71 Å². The van der Waals surface area contributed by atoms with Gasteiger partial charge in [-0.15, -0.1) is 0 Å². The topological polar surface area (TPSA) is 68.1 Å². The van der Waals surface area contributed by atoms with E-state index in [-0.39, 0.29) is 17.7 Å². The van der Waals surface area contributed by atoms with Gasteiger partial charge in [0.1, 0.15) is 7.11 Å². The van der Waals surface area contributed by atoms with Gasteiger partial charge in [0.2, 0.25) is 0 Å². The number of carbonyl (C=O) groups is 1. The van der Waals surface area contributed by atoms with Gasteiger partial charge in [0.25, 0.3) is 0 Å². The molecule has 1 aliphatic carbocycles. The fourth-order valence-corrected chi connectivity index (χ4v) is 1.96. The number of carboxylic acid groups (broad SMARTS) is 1. The van der Waals surface area contributed by atoms with Crippen LogP contribution in [0.5, 0.6) is 0 Å². The van der Waals surface area contributed by atoms with Crippen LogP contribution in [0.4, 0.5) is 0 Å². The molecular weight excluding hydrogens is 198 g/mol. The summed E-state index contributed by atoms with van der Waals surface area (Å²) < 4.78 is 5.22. The molecule has 86 valence electrons. The summed E-state index contributed by atoms with van der Waals surface area (Å²) in [6, 6.07) is 0. The van der Waals surface area contributed by atoms with Crippen LogP contribution in [0.3, 0.4) is 0 Å². The highest BCUT2D eigenvalue weighted by atomic mass is 16.6. The van der Waals surface area contributed by atoms with E-state index < -0.39 is 5.97 Å². The molecule has 0 atom stereocenters. The van der Waals surface area contributed by atoms with Crippen LogP contribution in [0, 0.1) is 5.92 Å². The molecule has 0 aromatic carbocycles. The Morgan fingerprint density at radius 1 is 1.27 bits per heavy atom. The number of nitrogens with zero attached hydrogens (tertiary/aromatic N) is 1. The van der Waals surface area contributed by atoms with E-state index in [1.165, 1.54) is 7.11 Å². The highest BCUT2D eigenvalue weighted by molar-refractivity contribution is 6.36. The van der Waals surface area contributed by atoms with E-state index in [4.69, 9.17) is 9.84 Å². The summed E-state index contributed by atoms with van der Waals surface area (Å²) in [5.74, 6) is -0.994. The number of carboxylic acids is 1. The zero-order chi connectivity index (χ0) is 11.3. The minimum absolute atomic E-state index is 0.00569. The Balaban J connectivity index is 2.57. The lowest BCUT2D eigenvalue weighted by molar-refractivity contribution is -0.130. The first-order valence-corrected chi connectivity index (χ1v) is 5.06. The second-order valence-electron chi connectivity index (χ2n) is 3.67. The van der Waals surface area contributed by atoms with Crippen LogP contribution in [0.1, 0.15) is 25.7 Å². The van der Waals surface area contributed by atoms with Crippen molar-refractivity contribution in [2.75, 3.05) is 14.2 Å². The van der Waals surface area contributed by atoms with Gasteiger partial charge in [-0.25, -0.2) is 4.79 Å². The molecule has 0 radical (unpaired) electrons. The fraction of sp³-hybridized carbons (Fsp3) is 0.800. The van der Waals surface area contributed by atoms with Crippen LogP contribution in [0.25, 0.3) is 0 Å². The quantitative estimate of drug-likeness (QED) is 0.566. The number of rotatable bonds is 4. The summed E-state index contributed by atoms with van der Waals surface area (Å²) in [7, 11) is 3.05. The number of ether oxygens (including phenoxy) is 1. The van der Waals surface area contributed by atoms with Crippen molar-refractivity contribution in [3.05, 3.63) is 0 Å². The van der Waals surface area contributed by atoms with E-state index in [9.17, 15) is 4.79 Å². The molecule has 0 spiro atoms. The zero-order valence-electron chi connectivity index (χ0n) is 9.10. The SMILES string of the molecule is CON=C(C(=O)O)C1CCC(OC)CC1. The van der Waals surface area contributed by atoms with Gasteiger partial charge in [0.05, 0.1) is 6.10 Å². The van der Waals surface area contributed by atoms with E-state index in [0.29, 0.717) is 0 Å². The molecule has 0 saturated heterocycles. The predicted octanol–water partition coefficient (Wildman–Crippen LogP) is 1.28. The zero-order valence-corrected chi connectivity index (χ0v) is 9.10. The predicted molar refractivity (Wildman–Crippen MR) is 54.8 cm³/mol. The molecule has 0 aliphatic heterocycles. The minimum Gasteiger partial charge on any atom is -0.477 e. The second-order valence-corrected chi connectivity index (χ2v) is 3.67. The fourth-order valence-electron chi connectivity index (χ4n) is 1.96. The lowest BCUT2D eigenvalue weighted by Gasteiger charge is -2.26. The van der Waals surface area contributed by atoms with E-state index in [1.807, 2.05) is 0 Å². The first kappa shape index (κ1) is 12.0. The van der Waals surface area contributed by atoms with Crippen LogP contribution < -0.4 is 0 Å². The third-order valence-corrected chi connectivity index (χ3v) is 2.80. The molecule has 1 rings (SSSR count). The molecule has 0 bridgehead atoms. The van der Waals surface area contributed by atoms with Crippen molar-refractivity contribution in [1.29, 1.82) is 0 Å². The highest BCUT2D eigenvalue weighted by Gasteiger charge is 2.28. The molecule has 15 heavy (non-hydrogen) atoms. The Morgan fingerprint density at radius 3 is 2.27 bits per heavy atom. The third kappa shape index (κ3) is 3.20. The average Bonchev–Trinajstić information content (AvgIpc) is 2.26. The summed E-state index contributed by atoms with van der Waals surface area (Å²) in [6.45, 7) is 0. The van der Waals surface area contributed by atoms with Crippen LogP contribution in [0.15, 0.2) is 5.16 Å². The maximum atomic E-state index is 10.9. The summed E-state index contributed by atoms with van der Waals surface area (Å²) >= 11 is 0. The standard InChI is InChI=1S/C10H17NO4/c1-14-8-5-3-7(4-6-8)9(10(12)13)11-15-2/h7-8H,3-6H2,1-2H3,(H,12,13). The first-order chi connectivity index (χ1) is 7.19. The summed E-state index contributed by atoms with van der Waals surface area (Å²) in [5.41, 5.74) is 0.132. The van der Waals surface area contributed by atoms with Gasteiger partial charge >= 0.3 is 5.97 Å². The lowest BCUT2D eigenvalue weighted by atomic mass is 9.84. The Morgan fingerprint density at radius 2 is 1.87 bits per heavy atom. The van der Waals surface area contributed by atoms with Crippen molar-refractivity contribution < 1.29 is 19.5 Å². The second kappa shape index (κ2) is 5.70. The van der Waals surface area contributed by atoms with Gasteiger partial charge in [-0.05, 0) is 25.7 Å². The Labute approximate surface area is 89.1 Å². The van der Waals surface area contributed by atoms with Gasteiger partial charge in [-0.2, -0.15) is 0 Å². The molecule has 0 aromatic heterocycles. The molecule has 5 heteroatoms. The van der Waals surface area contributed by atoms with Crippen LogP contribution in [-0.2, 0) is 14.4 Å². The van der Waals surface area contributed by atoms with Crippen LogP contribution >= 0.6 is 0 Å². The van der Waals surface area contributed by atoms with E-state index in [1.54, 1.807) is 7.11 Å². The molecule has 1 aliphatic rings. The Bertz CT molecular complexity index is 244. The largest absolute Gasteiger partial charge is 0.477 e. The first-order valence-electron chi connectivity index (χ1n) is 5.06. The maximum absolute atomic E-state index is 10.9. The smallest absolute Gasteiger partial charge is 0.353 e. The highest BCUT2D eigenvalue weighted by Crippen LogP contribution is 2.27. The number of aliphatic carboxylic acids is 1. The van der Waals surface area contributed by atoms with Gasteiger partial charge in [0, 0.05) is 13.0 Å². The summed E-state index contributed by atoms with van der Waals surface area (Å²) in [5, 5.41) is 12.5. The van der Waals surface area contributed by atoms with E-state index in [0.717, 1.165) is 25.7 Å². The maximum Gasteiger partial charge on any atom is 0.353 e. The van der Waals surface area contributed by atoms with Gasteiger partial charge in [-0.3, -0.25) is 0 Å².